The highest BCUT2D eigenvalue weighted by atomic mass is 16.5. The summed E-state index contributed by atoms with van der Waals surface area (Å²) >= 11 is 0. The molecule has 0 saturated carbocycles. The number of amides is 1. The highest BCUT2D eigenvalue weighted by Gasteiger charge is 2.20. The molecule has 0 unspecified atom stereocenters. The Morgan fingerprint density at radius 1 is 1.36 bits per heavy atom. The van der Waals surface area contributed by atoms with E-state index in [9.17, 15) is 9.59 Å². The van der Waals surface area contributed by atoms with Crippen LogP contribution in [0, 0.1) is 0 Å². The van der Waals surface area contributed by atoms with Gasteiger partial charge in [-0.25, -0.2) is 4.79 Å². The van der Waals surface area contributed by atoms with E-state index in [4.69, 9.17) is 10.5 Å². The maximum absolute atomic E-state index is 11.9. The maximum atomic E-state index is 11.9. The second-order valence-corrected chi connectivity index (χ2v) is 4.92. The zero-order valence-electron chi connectivity index (χ0n) is 12.5. The highest BCUT2D eigenvalue weighted by Crippen LogP contribution is 2.19. The zero-order chi connectivity index (χ0) is 16.3. The lowest BCUT2D eigenvalue weighted by atomic mass is 10.2. The van der Waals surface area contributed by atoms with Crippen LogP contribution in [-0.2, 0) is 9.53 Å². The van der Waals surface area contributed by atoms with Crippen molar-refractivity contribution in [2.45, 2.75) is 26.9 Å². The van der Waals surface area contributed by atoms with E-state index in [1.807, 2.05) is 0 Å². The number of hydrogen-bond acceptors (Lipinski definition) is 6. The molecule has 8 heteroatoms. The third kappa shape index (κ3) is 3.40. The predicted molar refractivity (Wildman–Crippen MR) is 80.6 cm³/mol. The van der Waals surface area contributed by atoms with Crippen molar-refractivity contribution in [1.82, 2.24) is 15.0 Å². The number of ether oxygens (including phenoxy) is 1. The first-order valence-corrected chi connectivity index (χ1v) is 6.68. The van der Waals surface area contributed by atoms with Crippen molar-refractivity contribution in [2.75, 3.05) is 11.1 Å². The molecule has 0 radical (unpaired) electrons. The van der Waals surface area contributed by atoms with Gasteiger partial charge in [0.15, 0.2) is 5.82 Å². The summed E-state index contributed by atoms with van der Waals surface area (Å²) in [7, 11) is 0. The van der Waals surface area contributed by atoms with Crippen molar-refractivity contribution in [3.05, 3.63) is 30.0 Å². The van der Waals surface area contributed by atoms with Gasteiger partial charge in [0.05, 0.1) is 11.8 Å². The van der Waals surface area contributed by atoms with Crippen LogP contribution in [0.1, 0.15) is 31.3 Å². The lowest BCUT2D eigenvalue weighted by Gasteiger charge is -2.08. The molecule has 0 aliphatic carbocycles. The van der Waals surface area contributed by atoms with E-state index in [-0.39, 0.29) is 23.5 Å². The van der Waals surface area contributed by atoms with Crippen LogP contribution in [0.5, 0.6) is 0 Å². The first kappa shape index (κ1) is 15.5. The lowest BCUT2D eigenvalue weighted by molar-refractivity contribution is -0.114. The van der Waals surface area contributed by atoms with Crippen LogP contribution in [0.2, 0.25) is 0 Å². The Labute approximate surface area is 127 Å². The van der Waals surface area contributed by atoms with Gasteiger partial charge < -0.3 is 15.8 Å². The van der Waals surface area contributed by atoms with Crippen LogP contribution < -0.4 is 11.1 Å². The number of rotatable bonds is 4. The molecule has 3 N–H and O–H groups in total. The zero-order valence-corrected chi connectivity index (χ0v) is 12.5. The van der Waals surface area contributed by atoms with E-state index in [1.165, 1.54) is 11.6 Å². The van der Waals surface area contributed by atoms with E-state index in [0.29, 0.717) is 11.4 Å². The molecule has 0 aliphatic rings. The molecule has 0 aliphatic heterocycles. The summed E-state index contributed by atoms with van der Waals surface area (Å²) in [6.07, 6.45) is -0.278. The Bertz CT molecular complexity index is 708. The molecule has 8 nitrogen and oxygen atoms in total. The van der Waals surface area contributed by atoms with Crippen LogP contribution >= 0.6 is 0 Å². The van der Waals surface area contributed by atoms with Crippen LogP contribution in [-0.4, -0.2) is 33.0 Å². The van der Waals surface area contributed by atoms with Crippen molar-refractivity contribution in [3.8, 4) is 5.69 Å². The molecule has 1 aromatic heterocycles. The van der Waals surface area contributed by atoms with E-state index in [2.05, 4.69) is 15.6 Å². The fraction of sp³-hybridized carbons (Fsp3) is 0.286. The van der Waals surface area contributed by atoms with Crippen molar-refractivity contribution in [2.24, 2.45) is 0 Å². The van der Waals surface area contributed by atoms with Crippen molar-refractivity contribution < 1.29 is 14.3 Å². The molecule has 0 atom stereocenters. The van der Waals surface area contributed by atoms with Gasteiger partial charge in [0.2, 0.25) is 11.6 Å². The molecule has 2 rings (SSSR count). The first-order valence-electron chi connectivity index (χ1n) is 6.68. The van der Waals surface area contributed by atoms with Crippen molar-refractivity contribution >= 4 is 23.4 Å². The van der Waals surface area contributed by atoms with Gasteiger partial charge in [-0.2, -0.15) is 4.68 Å². The van der Waals surface area contributed by atoms with Gasteiger partial charge in [-0.15, -0.1) is 5.10 Å². The number of nitrogen functional groups attached to an aromatic ring is 1. The number of nitrogens with zero attached hydrogens (tertiary/aromatic N) is 3. The largest absolute Gasteiger partial charge is 0.458 e. The van der Waals surface area contributed by atoms with Crippen LogP contribution in [0.15, 0.2) is 24.3 Å². The second kappa shape index (κ2) is 6.25. The van der Waals surface area contributed by atoms with Crippen LogP contribution in [0.4, 0.5) is 11.5 Å². The molecule has 1 amide bonds. The quantitative estimate of drug-likeness (QED) is 0.825. The third-order valence-electron chi connectivity index (χ3n) is 2.65. The van der Waals surface area contributed by atoms with E-state index in [0.717, 1.165) is 0 Å². The number of carbonyl (C=O) groups is 2. The predicted octanol–water partition coefficient (Wildman–Crippen LogP) is 1.37. The molecule has 0 fully saturated rings. The average molecular weight is 303 g/mol. The molecule has 0 saturated heterocycles. The summed E-state index contributed by atoms with van der Waals surface area (Å²) in [5.74, 6) is -0.743. The minimum absolute atomic E-state index is 0.0429. The Balaban J connectivity index is 2.32. The average Bonchev–Trinajstić information content (AvgIpc) is 2.79. The SMILES string of the molecule is CC(=O)Nc1cccc(-n2nnc(C(=O)OC(C)C)c2N)c1. The van der Waals surface area contributed by atoms with Gasteiger partial charge in [-0.3, -0.25) is 4.79 Å². The summed E-state index contributed by atoms with van der Waals surface area (Å²) in [6, 6.07) is 6.86. The summed E-state index contributed by atoms with van der Waals surface area (Å²) in [6.45, 7) is 4.88. The van der Waals surface area contributed by atoms with Crippen molar-refractivity contribution in [1.29, 1.82) is 0 Å². The minimum Gasteiger partial charge on any atom is -0.458 e. The number of esters is 1. The third-order valence-corrected chi connectivity index (χ3v) is 2.65. The number of anilines is 2. The number of nitrogens with one attached hydrogen (secondary N) is 1. The Morgan fingerprint density at radius 3 is 2.73 bits per heavy atom. The van der Waals surface area contributed by atoms with Gasteiger partial charge in [0.25, 0.3) is 0 Å². The first-order chi connectivity index (χ1) is 10.4. The fourth-order valence-corrected chi connectivity index (χ4v) is 1.81. The maximum Gasteiger partial charge on any atom is 0.363 e. The highest BCUT2D eigenvalue weighted by molar-refractivity contribution is 5.92. The van der Waals surface area contributed by atoms with Gasteiger partial charge in [0.1, 0.15) is 0 Å². The van der Waals surface area contributed by atoms with Crippen LogP contribution in [0.3, 0.4) is 0 Å². The molecule has 0 bridgehead atoms. The minimum atomic E-state index is -0.628. The summed E-state index contributed by atoms with van der Waals surface area (Å²) < 4.78 is 6.36. The molecule has 22 heavy (non-hydrogen) atoms. The number of nitrogens with two attached hydrogens (primary N) is 1. The van der Waals surface area contributed by atoms with E-state index in [1.54, 1.807) is 38.1 Å². The van der Waals surface area contributed by atoms with Gasteiger partial charge in [-0.1, -0.05) is 11.3 Å². The molecule has 2 aromatic rings. The topological polar surface area (TPSA) is 112 Å². The smallest absolute Gasteiger partial charge is 0.363 e. The van der Waals surface area contributed by atoms with Crippen LogP contribution in [0.25, 0.3) is 5.69 Å². The monoisotopic (exact) mass is 303 g/mol. The summed E-state index contributed by atoms with van der Waals surface area (Å²) in [5, 5.41) is 10.3. The standard InChI is InChI=1S/C14H17N5O3/c1-8(2)22-14(21)12-13(15)19(18-17-12)11-6-4-5-10(7-11)16-9(3)20/h4-8H,15H2,1-3H3,(H,16,20). The summed E-state index contributed by atoms with van der Waals surface area (Å²) in [5.41, 5.74) is 7.03. The molecule has 0 spiro atoms. The van der Waals surface area contributed by atoms with E-state index < -0.39 is 5.97 Å². The van der Waals surface area contributed by atoms with E-state index >= 15 is 0 Å². The normalized spacial score (nSPS) is 10.5. The molecular weight excluding hydrogens is 286 g/mol. The number of aromatic nitrogens is 3. The molecule has 116 valence electrons. The number of carbonyl (C=O) groups excluding carboxylic acids is 2. The second-order valence-electron chi connectivity index (χ2n) is 4.92. The molecule has 1 aromatic carbocycles. The Hall–Kier alpha value is -2.90. The Morgan fingerprint density at radius 2 is 2.09 bits per heavy atom. The van der Waals surface area contributed by atoms with Gasteiger partial charge in [0, 0.05) is 12.6 Å². The number of hydrogen-bond donors (Lipinski definition) is 2. The number of benzene rings is 1. The fourth-order valence-electron chi connectivity index (χ4n) is 1.81. The summed E-state index contributed by atoms with van der Waals surface area (Å²) in [4.78, 5) is 23.0. The Kier molecular flexibility index (Phi) is 4.40. The van der Waals surface area contributed by atoms with Crippen molar-refractivity contribution in [3.63, 3.8) is 0 Å². The van der Waals surface area contributed by atoms with Gasteiger partial charge in [-0.05, 0) is 32.0 Å². The lowest BCUT2D eigenvalue weighted by Crippen LogP contribution is -2.14. The molecule has 1 heterocycles. The molecular formula is C14H17N5O3. The van der Waals surface area contributed by atoms with Gasteiger partial charge >= 0.3 is 5.97 Å².